The molecule has 0 aromatic carbocycles. The first-order valence-corrected chi connectivity index (χ1v) is 6.53. The average Bonchev–Trinajstić information content (AvgIpc) is 2.77. The van der Waals surface area contributed by atoms with E-state index >= 15 is 0 Å². The minimum Gasteiger partial charge on any atom is -0.461 e. The average molecular weight is 231 g/mol. The lowest BCUT2D eigenvalue weighted by Gasteiger charge is -2.27. The summed E-state index contributed by atoms with van der Waals surface area (Å²) < 4.78 is 5.35. The van der Waals surface area contributed by atoms with Gasteiger partial charge >= 0.3 is 5.97 Å². The smallest absolute Gasteiger partial charge is 0.321 e. The first-order chi connectivity index (χ1) is 7.24. The van der Waals surface area contributed by atoms with Crippen molar-refractivity contribution in [2.75, 3.05) is 5.88 Å². The minimum atomic E-state index is -0.249. The number of ether oxygens (including phenoxy) is 1. The van der Waals surface area contributed by atoms with E-state index < -0.39 is 0 Å². The Hall–Kier alpha value is -0.240. The normalized spacial score (nSPS) is 38.3. The van der Waals surface area contributed by atoms with Gasteiger partial charge in [-0.25, -0.2) is 0 Å². The molecule has 0 heterocycles. The highest BCUT2D eigenvalue weighted by atomic mass is 35.5. The molecule has 2 aliphatic carbocycles. The number of hydrogen-bond acceptors (Lipinski definition) is 2. The van der Waals surface area contributed by atoms with Gasteiger partial charge in [0.05, 0.1) is 0 Å². The maximum atomic E-state index is 11.1. The molecule has 0 aromatic heterocycles. The number of alkyl halides is 1. The SMILES string of the molecule is CCC[C@H]1C[C@H]2C[C@@H]1C[C@@H]2OC(=O)CCl. The molecule has 0 saturated heterocycles. The van der Waals surface area contributed by atoms with E-state index in [0.717, 1.165) is 18.3 Å². The molecular formula is C12H19ClO2. The fourth-order valence-corrected chi connectivity index (χ4v) is 3.47. The fourth-order valence-electron chi connectivity index (χ4n) is 3.41. The van der Waals surface area contributed by atoms with E-state index in [9.17, 15) is 4.79 Å². The topological polar surface area (TPSA) is 26.3 Å². The number of rotatable bonds is 4. The highest BCUT2D eigenvalue weighted by Gasteiger charge is 2.46. The van der Waals surface area contributed by atoms with Crippen LogP contribution in [0, 0.1) is 17.8 Å². The van der Waals surface area contributed by atoms with Crippen LogP contribution in [0.5, 0.6) is 0 Å². The van der Waals surface area contributed by atoms with E-state index in [4.69, 9.17) is 16.3 Å². The van der Waals surface area contributed by atoms with E-state index in [1.54, 1.807) is 0 Å². The molecule has 86 valence electrons. The molecule has 0 amide bonds. The molecule has 0 N–H and O–H groups in total. The second-order valence-corrected chi connectivity index (χ2v) is 5.21. The maximum absolute atomic E-state index is 11.1. The zero-order chi connectivity index (χ0) is 10.8. The van der Waals surface area contributed by atoms with E-state index in [1.807, 2.05) is 0 Å². The van der Waals surface area contributed by atoms with Gasteiger partial charge in [0.25, 0.3) is 0 Å². The van der Waals surface area contributed by atoms with Crippen molar-refractivity contribution >= 4 is 17.6 Å². The summed E-state index contributed by atoms with van der Waals surface area (Å²) in [6.07, 6.45) is 6.41. The largest absolute Gasteiger partial charge is 0.461 e. The quantitative estimate of drug-likeness (QED) is 0.548. The monoisotopic (exact) mass is 230 g/mol. The van der Waals surface area contributed by atoms with Crippen molar-refractivity contribution in [3.05, 3.63) is 0 Å². The Morgan fingerprint density at radius 1 is 1.33 bits per heavy atom. The number of carbonyl (C=O) groups excluding carboxylic acids is 1. The number of esters is 1. The molecule has 2 nitrogen and oxygen atoms in total. The molecule has 2 fully saturated rings. The molecule has 2 rings (SSSR count). The lowest BCUT2D eigenvalue weighted by molar-refractivity contribution is -0.148. The summed E-state index contributed by atoms with van der Waals surface area (Å²) in [5, 5.41) is 0. The maximum Gasteiger partial charge on any atom is 0.321 e. The van der Waals surface area contributed by atoms with Crippen molar-refractivity contribution in [3.8, 4) is 0 Å². The van der Waals surface area contributed by atoms with Crippen LogP contribution < -0.4 is 0 Å². The summed E-state index contributed by atoms with van der Waals surface area (Å²) in [4.78, 5) is 11.1. The van der Waals surface area contributed by atoms with Gasteiger partial charge in [0.15, 0.2) is 0 Å². The number of halogens is 1. The van der Waals surface area contributed by atoms with E-state index in [-0.39, 0.29) is 18.0 Å². The van der Waals surface area contributed by atoms with Crippen LogP contribution in [0.25, 0.3) is 0 Å². The Kier molecular flexibility index (Phi) is 3.55. The molecule has 2 bridgehead atoms. The van der Waals surface area contributed by atoms with E-state index in [2.05, 4.69) is 6.92 Å². The van der Waals surface area contributed by atoms with E-state index in [0.29, 0.717) is 5.92 Å². The highest BCUT2D eigenvalue weighted by molar-refractivity contribution is 6.26. The first-order valence-electron chi connectivity index (χ1n) is 6.00. The molecule has 3 heteroatoms. The lowest BCUT2D eigenvalue weighted by Crippen LogP contribution is -2.27. The summed E-state index contributed by atoms with van der Waals surface area (Å²) >= 11 is 5.44. The second-order valence-electron chi connectivity index (χ2n) is 4.94. The van der Waals surface area contributed by atoms with Gasteiger partial charge in [0.2, 0.25) is 0 Å². The standard InChI is InChI=1S/C12H19ClO2/c1-2-3-8-4-10-5-9(8)6-11(10)15-12(14)7-13/h8-11H,2-7H2,1H3/t8-,9+,10-,11-/m0/s1. The second kappa shape index (κ2) is 4.73. The summed E-state index contributed by atoms with van der Waals surface area (Å²) in [6.45, 7) is 2.25. The predicted molar refractivity (Wildman–Crippen MR) is 59.8 cm³/mol. The Bertz CT molecular complexity index is 242. The summed E-state index contributed by atoms with van der Waals surface area (Å²) in [5.41, 5.74) is 0. The van der Waals surface area contributed by atoms with Crippen molar-refractivity contribution in [2.45, 2.75) is 45.1 Å². The molecule has 2 aliphatic rings. The van der Waals surface area contributed by atoms with Crippen LogP contribution in [-0.2, 0) is 9.53 Å². The van der Waals surface area contributed by atoms with Gasteiger partial charge in [-0.15, -0.1) is 11.6 Å². The van der Waals surface area contributed by atoms with Crippen molar-refractivity contribution in [1.29, 1.82) is 0 Å². The summed E-state index contributed by atoms with van der Waals surface area (Å²) in [7, 11) is 0. The van der Waals surface area contributed by atoms with Crippen molar-refractivity contribution in [2.24, 2.45) is 17.8 Å². The van der Waals surface area contributed by atoms with Gasteiger partial charge in [0, 0.05) is 0 Å². The van der Waals surface area contributed by atoms with Gasteiger partial charge in [-0.2, -0.15) is 0 Å². The highest BCUT2D eigenvalue weighted by Crippen LogP contribution is 2.51. The van der Waals surface area contributed by atoms with Gasteiger partial charge < -0.3 is 4.74 Å². The third-order valence-electron chi connectivity index (χ3n) is 3.99. The zero-order valence-electron chi connectivity index (χ0n) is 9.25. The van der Waals surface area contributed by atoms with Crippen LogP contribution in [0.15, 0.2) is 0 Å². The molecule has 0 aliphatic heterocycles. The fraction of sp³-hybridized carbons (Fsp3) is 0.917. The Labute approximate surface area is 96.3 Å². The molecule has 0 spiro atoms. The van der Waals surface area contributed by atoms with Crippen molar-refractivity contribution in [1.82, 2.24) is 0 Å². The predicted octanol–water partition coefficient (Wildman–Crippen LogP) is 2.98. The van der Waals surface area contributed by atoms with Crippen LogP contribution >= 0.6 is 11.6 Å². The van der Waals surface area contributed by atoms with Crippen LogP contribution in [0.4, 0.5) is 0 Å². The Balaban J connectivity index is 1.83. The van der Waals surface area contributed by atoms with Crippen LogP contribution in [0.2, 0.25) is 0 Å². The molecular weight excluding hydrogens is 212 g/mol. The van der Waals surface area contributed by atoms with Crippen LogP contribution in [0.1, 0.15) is 39.0 Å². The molecule has 0 aromatic rings. The Morgan fingerprint density at radius 3 is 2.67 bits per heavy atom. The van der Waals surface area contributed by atoms with Gasteiger partial charge in [-0.1, -0.05) is 19.8 Å². The number of carbonyl (C=O) groups is 1. The van der Waals surface area contributed by atoms with Crippen molar-refractivity contribution in [3.63, 3.8) is 0 Å². The zero-order valence-corrected chi connectivity index (χ0v) is 10.0. The lowest BCUT2D eigenvalue weighted by atomic mass is 9.84. The van der Waals surface area contributed by atoms with Gasteiger partial charge in [-0.3, -0.25) is 4.79 Å². The Morgan fingerprint density at radius 2 is 2.13 bits per heavy atom. The van der Waals surface area contributed by atoms with Crippen molar-refractivity contribution < 1.29 is 9.53 Å². The third kappa shape index (κ3) is 2.30. The summed E-state index contributed by atoms with van der Waals surface area (Å²) in [6, 6.07) is 0. The van der Waals surface area contributed by atoms with E-state index in [1.165, 1.54) is 25.7 Å². The molecule has 15 heavy (non-hydrogen) atoms. The van der Waals surface area contributed by atoms with Gasteiger partial charge in [-0.05, 0) is 37.0 Å². The number of fused-ring (bicyclic) bond motifs is 2. The first kappa shape index (κ1) is 11.3. The minimum absolute atomic E-state index is 0.00766. The van der Waals surface area contributed by atoms with Gasteiger partial charge in [0.1, 0.15) is 12.0 Å². The molecule has 0 unspecified atom stereocenters. The summed E-state index contributed by atoms with van der Waals surface area (Å²) in [5.74, 6) is 2.07. The molecule has 4 atom stereocenters. The third-order valence-corrected chi connectivity index (χ3v) is 4.21. The molecule has 0 radical (unpaired) electrons. The molecule has 2 saturated carbocycles. The number of hydrogen-bond donors (Lipinski definition) is 0. The van der Waals surface area contributed by atoms with Crippen LogP contribution in [-0.4, -0.2) is 18.0 Å². The van der Waals surface area contributed by atoms with Crippen LogP contribution in [0.3, 0.4) is 0 Å².